The van der Waals surface area contributed by atoms with Gasteiger partial charge in [-0.05, 0) is 42.5 Å². The largest absolute Gasteiger partial charge is 0.480 e. The van der Waals surface area contributed by atoms with Gasteiger partial charge in [0.25, 0.3) is 5.91 Å². The van der Waals surface area contributed by atoms with Crippen molar-refractivity contribution >= 4 is 29.9 Å². The van der Waals surface area contributed by atoms with E-state index in [-0.39, 0.29) is 24.4 Å². The normalized spacial score (nSPS) is 26.9. The number of hydrogen-bond acceptors (Lipinski definition) is 3. The zero-order valence-electron chi connectivity index (χ0n) is 12.6. The molecule has 0 aromatic heterocycles. The number of ether oxygens (including phenoxy) is 1. The highest BCUT2D eigenvalue weighted by atomic mass is 35.5. The van der Waals surface area contributed by atoms with Gasteiger partial charge in [0.1, 0.15) is 5.75 Å². The van der Waals surface area contributed by atoms with Gasteiger partial charge in [0.05, 0.1) is 0 Å². The number of piperidine rings is 1. The third kappa shape index (κ3) is 3.34. The number of nitrogens with two attached hydrogens (primary N) is 1. The molecule has 122 valence electrons. The molecule has 2 aliphatic rings. The number of likely N-dealkylation sites (tertiary alicyclic amines) is 1. The number of carbonyl (C=O) groups excluding carboxylic acids is 1. The second-order valence-corrected chi connectivity index (χ2v) is 6.55. The van der Waals surface area contributed by atoms with Crippen LogP contribution >= 0.6 is 24.0 Å². The molecule has 3 rings (SSSR count). The summed E-state index contributed by atoms with van der Waals surface area (Å²) in [7, 11) is 0. The molecule has 0 saturated carbocycles. The Bertz CT molecular complexity index is 553. The minimum absolute atomic E-state index is 0. The first-order valence-corrected chi connectivity index (χ1v) is 7.92. The van der Waals surface area contributed by atoms with Crippen LogP contribution in [-0.4, -0.2) is 36.0 Å². The van der Waals surface area contributed by atoms with Crippen LogP contribution in [0.4, 0.5) is 0 Å². The molecule has 6 heteroatoms. The number of amides is 1. The van der Waals surface area contributed by atoms with Crippen molar-refractivity contribution in [2.45, 2.75) is 38.3 Å². The van der Waals surface area contributed by atoms with Crippen LogP contribution in [0.1, 0.15) is 25.3 Å². The van der Waals surface area contributed by atoms with E-state index in [0.29, 0.717) is 23.9 Å². The van der Waals surface area contributed by atoms with E-state index < -0.39 is 6.10 Å². The summed E-state index contributed by atoms with van der Waals surface area (Å²) in [5.74, 6) is 1.46. The summed E-state index contributed by atoms with van der Waals surface area (Å²) >= 11 is 5.99. The molecule has 0 aliphatic carbocycles. The molecular formula is C16H22Cl2N2O2. The van der Waals surface area contributed by atoms with E-state index >= 15 is 0 Å². The zero-order valence-corrected chi connectivity index (χ0v) is 14.2. The molecule has 4 nitrogen and oxygen atoms in total. The SMILES string of the molecule is CC1CCN(C(=O)C2Cc3cc(Cl)ccc3O2)C(CN)C1.Cl. The highest BCUT2D eigenvalue weighted by Gasteiger charge is 2.37. The summed E-state index contributed by atoms with van der Waals surface area (Å²) in [6.07, 6.45) is 2.18. The first-order chi connectivity index (χ1) is 10.1. The Morgan fingerprint density at radius 3 is 3.00 bits per heavy atom. The number of carbonyl (C=O) groups is 1. The molecule has 1 aromatic carbocycles. The van der Waals surface area contributed by atoms with Crippen LogP contribution in [0.3, 0.4) is 0 Å². The summed E-state index contributed by atoms with van der Waals surface area (Å²) in [5, 5.41) is 0.678. The first kappa shape index (κ1) is 17.4. The van der Waals surface area contributed by atoms with Gasteiger partial charge < -0.3 is 15.4 Å². The van der Waals surface area contributed by atoms with E-state index in [4.69, 9.17) is 22.1 Å². The van der Waals surface area contributed by atoms with Crippen LogP contribution in [0.5, 0.6) is 5.75 Å². The van der Waals surface area contributed by atoms with Gasteiger partial charge in [0, 0.05) is 30.6 Å². The lowest BCUT2D eigenvalue weighted by atomic mass is 9.92. The monoisotopic (exact) mass is 344 g/mol. The number of rotatable bonds is 2. The van der Waals surface area contributed by atoms with Gasteiger partial charge in [0.2, 0.25) is 0 Å². The van der Waals surface area contributed by atoms with E-state index in [1.165, 1.54) is 0 Å². The van der Waals surface area contributed by atoms with Crippen LogP contribution in [-0.2, 0) is 11.2 Å². The van der Waals surface area contributed by atoms with Crippen LogP contribution in [0.15, 0.2) is 18.2 Å². The van der Waals surface area contributed by atoms with Crippen molar-refractivity contribution in [3.63, 3.8) is 0 Å². The van der Waals surface area contributed by atoms with Crippen molar-refractivity contribution in [1.82, 2.24) is 4.90 Å². The van der Waals surface area contributed by atoms with Gasteiger partial charge >= 0.3 is 0 Å². The average molecular weight is 345 g/mol. The molecule has 2 N–H and O–H groups in total. The average Bonchev–Trinajstić information content (AvgIpc) is 2.89. The Morgan fingerprint density at radius 1 is 1.50 bits per heavy atom. The molecule has 0 bridgehead atoms. The Kier molecular flexibility index (Phi) is 5.59. The summed E-state index contributed by atoms with van der Waals surface area (Å²) in [6.45, 7) is 3.51. The lowest BCUT2D eigenvalue weighted by Crippen LogP contribution is -2.53. The summed E-state index contributed by atoms with van der Waals surface area (Å²) < 4.78 is 5.81. The number of nitrogens with zero attached hydrogens (tertiary/aromatic N) is 1. The van der Waals surface area contributed by atoms with Crippen molar-refractivity contribution < 1.29 is 9.53 Å². The molecule has 2 aliphatic heterocycles. The van der Waals surface area contributed by atoms with Gasteiger partial charge in [0.15, 0.2) is 6.10 Å². The molecule has 3 atom stereocenters. The number of benzene rings is 1. The van der Waals surface area contributed by atoms with E-state index in [1.807, 2.05) is 17.0 Å². The van der Waals surface area contributed by atoms with E-state index in [0.717, 1.165) is 30.7 Å². The molecule has 1 fully saturated rings. The molecule has 0 radical (unpaired) electrons. The number of hydrogen-bond donors (Lipinski definition) is 1. The maximum absolute atomic E-state index is 12.7. The zero-order chi connectivity index (χ0) is 15.0. The molecule has 0 spiro atoms. The topological polar surface area (TPSA) is 55.6 Å². The van der Waals surface area contributed by atoms with E-state index in [1.54, 1.807) is 6.07 Å². The van der Waals surface area contributed by atoms with Gasteiger partial charge in [-0.15, -0.1) is 12.4 Å². The lowest BCUT2D eigenvalue weighted by Gasteiger charge is -2.39. The van der Waals surface area contributed by atoms with Crippen molar-refractivity contribution in [1.29, 1.82) is 0 Å². The fourth-order valence-corrected chi connectivity index (χ4v) is 3.50. The lowest BCUT2D eigenvalue weighted by molar-refractivity contribution is -0.142. The second-order valence-electron chi connectivity index (χ2n) is 6.11. The molecule has 22 heavy (non-hydrogen) atoms. The summed E-state index contributed by atoms with van der Waals surface area (Å²) in [6, 6.07) is 5.64. The van der Waals surface area contributed by atoms with Crippen molar-refractivity contribution in [2.24, 2.45) is 11.7 Å². The van der Waals surface area contributed by atoms with Crippen LogP contribution in [0.2, 0.25) is 5.02 Å². The minimum atomic E-state index is -0.430. The van der Waals surface area contributed by atoms with Crippen LogP contribution < -0.4 is 10.5 Å². The first-order valence-electron chi connectivity index (χ1n) is 7.54. The maximum atomic E-state index is 12.7. The van der Waals surface area contributed by atoms with Gasteiger partial charge in [-0.1, -0.05) is 18.5 Å². The summed E-state index contributed by atoms with van der Waals surface area (Å²) in [5.41, 5.74) is 6.85. The number of fused-ring (bicyclic) bond motifs is 1. The van der Waals surface area contributed by atoms with Crippen molar-refractivity contribution in [3.8, 4) is 5.75 Å². The van der Waals surface area contributed by atoms with Crippen molar-refractivity contribution in [2.75, 3.05) is 13.1 Å². The van der Waals surface area contributed by atoms with Gasteiger partial charge in [-0.2, -0.15) is 0 Å². The standard InChI is InChI=1S/C16H21ClN2O2.ClH/c1-10-4-5-19(13(6-10)9-18)16(20)15-8-11-7-12(17)2-3-14(11)21-15;/h2-3,7,10,13,15H,4-6,8-9,18H2,1H3;1H. The predicted molar refractivity (Wildman–Crippen MR) is 89.8 cm³/mol. The number of halogens is 2. The molecule has 3 unspecified atom stereocenters. The molecular weight excluding hydrogens is 323 g/mol. The highest BCUT2D eigenvalue weighted by molar-refractivity contribution is 6.30. The molecule has 1 aromatic rings. The van der Waals surface area contributed by atoms with Crippen LogP contribution in [0.25, 0.3) is 0 Å². The van der Waals surface area contributed by atoms with Crippen LogP contribution in [0, 0.1) is 5.92 Å². The third-order valence-electron chi connectivity index (χ3n) is 4.51. The minimum Gasteiger partial charge on any atom is -0.480 e. The van der Waals surface area contributed by atoms with Crippen molar-refractivity contribution in [3.05, 3.63) is 28.8 Å². The Balaban J connectivity index is 0.00000176. The maximum Gasteiger partial charge on any atom is 0.264 e. The Hall–Kier alpha value is -0.970. The second kappa shape index (κ2) is 7.07. The van der Waals surface area contributed by atoms with Gasteiger partial charge in [-0.3, -0.25) is 4.79 Å². The Labute approximate surface area is 142 Å². The van der Waals surface area contributed by atoms with Gasteiger partial charge in [-0.25, -0.2) is 0 Å². The molecule has 1 amide bonds. The Morgan fingerprint density at radius 2 is 2.27 bits per heavy atom. The third-order valence-corrected chi connectivity index (χ3v) is 4.74. The fraction of sp³-hybridized carbons (Fsp3) is 0.562. The molecule has 1 saturated heterocycles. The van der Waals surface area contributed by atoms with E-state index in [9.17, 15) is 4.79 Å². The fourth-order valence-electron chi connectivity index (χ4n) is 3.31. The smallest absolute Gasteiger partial charge is 0.264 e. The molecule has 2 heterocycles. The predicted octanol–water partition coefficient (Wildman–Crippen LogP) is 2.65. The summed E-state index contributed by atoms with van der Waals surface area (Å²) in [4.78, 5) is 14.7. The van der Waals surface area contributed by atoms with E-state index in [2.05, 4.69) is 6.92 Å². The quantitative estimate of drug-likeness (QED) is 0.897. The highest BCUT2D eigenvalue weighted by Crippen LogP contribution is 2.33.